The number of benzene rings is 3. The van der Waals surface area contributed by atoms with Crippen LogP contribution in [-0.2, 0) is 0 Å². The molecule has 1 aliphatic carbocycles. The second kappa shape index (κ2) is 7.02. The number of pyridine rings is 1. The van der Waals surface area contributed by atoms with E-state index in [9.17, 15) is 9.90 Å². The summed E-state index contributed by atoms with van der Waals surface area (Å²) in [6.45, 7) is 0. The predicted octanol–water partition coefficient (Wildman–Crippen LogP) is 4.73. The van der Waals surface area contributed by atoms with Crippen molar-refractivity contribution in [1.29, 1.82) is 0 Å². The molecule has 142 valence electrons. The van der Waals surface area contributed by atoms with Crippen molar-refractivity contribution in [3.63, 3.8) is 0 Å². The fourth-order valence-corrected chi connectivity index (χ4v) is 3.61. The van der Waals surface area contributed by atoms with E-state index < -0.39 is 0 Å². The molecule has 0 radical (unpaired) electrons. The van der Waals surface area contributed by atoms with Gasteiger partial charge in [-0.15, -0.1) is 0 Å². The summed E-state index contributed by atoms with van der Waals surface area (Å²) in [6, 6.07) is 20.7. The van der Waals surface area contributed by atoms with E-state index in [1.807, 2.05) is 60.7 Å². The summed E-state index contributed by atoms with van der Waals surface area (Å²) in [5, 5.41) is 17.0. The van der Waals surface area contributed by atoms with E-state index in [4.69, 9.17) is 4.98 Å². The van der Waals surface area contributed by atoms with Crippen molar-refractivity contribution in [2.75, 3.05) is 0 Å². The lowest BCUT2D eigenvalue weighted by Crippen LogP contribution is -2.18. The van der Waals surface area contributed by atoms with Gasteiger partial charge in [-0.05, 0) is 41.8 Å². The van der Waals surface area contributed by atoms with Gasteiger partial charge in [0.15, 0.2) is 0 Å². The molecule has 4 aromatic rings. The van der Waals surface area contributed by atoms with Gasteiger partial charge < -0.3 is 5.11 Å². The number of nitrogens with one attached hydrogen (secondary N) is 1. The smallest absolute Gasteiger partial charge is 0.272 e. The number of amides is 1. The second-order valence-electron chi connectivity index (χ2n) is 7.30. The highest BCUT2D eigenvalue weighted by molar-refractivity contribution is 6.07. The van der Waals surface area contributed by atoms with Crippen molar-refractivity contribution in [1.82, 2.24) is 10.4 Å². The minimum Gasteiger partial charge on any atom is -0.507 e. The number of hydrazone groups is 1. The average Bonchev–Trinajstić information content (AvgIpc) is 3.60. The summed E-state index contributed by atoms with van der Waals surface area (Å²) in [5.74, 6) is 0.274. The van der Waals surface area contributed by atoms with Crippen LogP contribution in [0.4, 0.5) is 0 Å². The summed E-state index contributed by atoms with van der Waals surface area (Å²) >= 11 is 0. The first-order valence-electron chi connectivity index (χ1n) is 9.64. The lowest BCUT2D eigenvalue weighted by atomic mass is 10.0. The van der Waals surface area contributed by atoms with Gasteiger partial charge in [-0.1, -0.05) is 48.5 Å². The van der Waals surface area contributed by atoms with Gasteiger partial charge in [0.1, 0.15) is 5.75 Å². The Balaban J connectivity index is 1.47. The number of nitrogens with zero attached hydrogens (tertiary/aromatic N) is 2. The molecule has 0 atom stereocenters. The van der Waals surface area contributed by atoms with Gasteiger partial charge in [0, 0.05) is 22.6 Å². The number of fused-ring (bicyclic) bond motifs is 2. The maximum absolute atomic E-state index is 12.9. The Hall–Kier alpha value is -3.73. The molecule has 0 unspecified atom stereocenters. The summed E-state index contributed by atoms with van der Waals surface area (Å²) in [5.41, 5.74) is 5.53. The normalized spacial score (nSPS) is 13.9. The Morgan fingerprint density at radius 3 is 2.62 bits per heavy atom. The monoisotopic (exact) mass is 381 g/mol. The highest BCUT2D eigenvalue weighted by Gasteiger charge is 2.26. The van der Waals surface area contributed by atoms with Crippen molar-refractivity contribution in [3.8, 4) is 5.75 Å². The number of hydrogen-bond donors (Lipinski definition) is 2. The van der Waals surface area contributed by atoms with Crippen molar-refractivity contribution in [2.24, 2.45) is 5.10 Å². The third-order valence-electron chi connectivity index (χ3n) is 5.28. The average molecular weight is 381 g/mol. The van der Waals surface area contributed by atoms with Crippen LogP contribution in [0, 0.1) is 0 Å². The summed E-state index contributed by atoms with van der Waals surface area (Å²) in [4.78, 5) is 17.6. The van der Waals surface area contributed by atoms with Crippen LogP contribution in [0.5, 0.6) is 5.75 Å². The standard InChI is InChI=1S/C24H19N3O2/c28-23-12-11-15-5-1-2-6-17(15)20(23)14-25-27-24(29)19-13-22(16-9-10-16)26-21-8-4-3-7-18(19)21/h1-8,11-14,16,28H,9-10H2,(H,27,29)/b25-14-. The lowest BCUT2D eigenvalue weighted by Gasteiger charge is -2.08. The SMILES string of the molecule is O=C(N/N=C\c1c(O)ccc2ccccc12)c1cc(C2CC2)nc2ccccc12. The Labute approximate surface area is 167 Å². The molecular weight excluding hydrogens is 362 g/mol. The fourth-order valence-electron chi connectivity index (χ4n) is 3.61. The molecule has 0 bridgehead atoms. The van der Waals surface area contributed by atoms with E-state index in [-0.39, 0.29) is 11.7 Å². The Morgan fingerprint density at radius 2 is 1.79 bits per heavy atom. The van der Waals surface area contributed by atoms with Gasteiger partial charge in [-0.25, -0.2) is 5.43 Å². The first kappa shape index (κ1) is 17.4. The zero-order valence-electron chi connectivity index (χ0n) is 15.7. The van der Waals surface area contributed by atoms with Crippen LogP contribution in [0.15, 0.2) is 71.8 Å². The lowest BCUT2D eigenvalue weighted by molar-refractivity contribution is 0.0956. The maximum Gasteiger partial charge on any atom is 0.272 e. The van der Waals surface area contributed by atoms with Crippen molar-refractivity contribution >= 4 is 33.8 Å². The Bertz CT molecular complexity index is 1280. The van der Waals surface area contributed by atoms with Crippen LogP contribution >= 0.6 is 0 Å². The molecule has 5 rings (SSSR count). The molecule has 29 heavy (non-hydrogen) atoms. The molecule has 0 saturated heterocycles. The number of aromatic hydroxyl groups is 1. The molecule has 1 aliphatic rings. The Kier molecular flexibility index (Phi) is 4.21. The first-order valence-corrected chi connectivity index (χ1v) is 9.64. The second-order valence-corrected chi connectivity index (χ2v) is 7.30. The van der Waals surface area contributed by atoms with E-state index >= 15 is 0 Å². The molecule has 0 spiro atoms. The molecule has 2 N–H and O–H groups in total. The van der Waals surface area contributed by atoms with Gasteiger partial charge in [0.05, 0.1) is 17.3 Å². The number of rotatable bonds is 4. The summed E-state index contributed by atoms with van der Waals surface area (Å²) < 4.78 is 0. The highest BCUT2D eigenvalue weighted by Crippen LogP contribution is 2.40. The molecule has 1 saturated carbocycles. The van der Waals surface area contributed by atoms with Crippen LogP contribution in [0.3, 0.4) is 0 Å². The third-order valence-corrected chi connectivity index (χ3v) is 5.28. The zero-order chi connectivity index (χ0) is 19.8. The van der Waals surface area contributed by atoms with Crippen LogP contribution < -0.4 is 5.43 Å². The van der Waals surface area contributed by atoms with E-state index in [1.54, 1.807) is 6.07 Å². The van der Waals surface area contributed by atoms with Crippen molar-refractivity contribution in [3.05, 3.63) is 83.6 Å². The Morgan fingerprint density at radius 1 is 1.03 bits per heavy atom. The summed E-state index contributed by atoms with van der Waals surface area (Å²) in [6.07, 6.45) is 3.72. The third kappa shape index (κ3) is 3.31. The molecule has 1 heterocycles. The first-order chi connectivity index (χ1) is 14.2. The molecule has 3 aromatic carbocycles. The van der Waals surface area contributed by atoms with Gasteiger partial charge in [0.25, 0.3) is 5.91 Å². The van der Waals surface area contributed by atoms with Crippen molar-refractivity contribution < 1.29 is 9.90 Å². The molecule has 5 nitrogen and oxygen atoms in total. The molecule has 1 amide bonds. The van der Waals surface area contributed by atoms with Crippen LogP contribution in [-0.4, -0.2) is 22.2 Å². The van der Waals surface area contributed by atoms with Gasteiger partial charge in [0.2, 0.25) is 0 Å². The number of carbonyl (C=O) groups is 1. The number of phenolic OH excluding ortho intramolecular Hbond substituents is 1. The number of phenols is 1. The largest absolute Gasteiger partial charge is 0.507 e. The number of aromatic nitrogens is 1. The van der Waals surface area contributed by atoms with E-state index in [0.29, 0.717) is 17.0 Å². The minimum absolute atomic E-state index is 0.118. The number of para-hydroxylation sites is 1. The maximum atomic E-state index is 12.9. The number of hydrogen-bond acceptors (Lipinski definition) is 4. The van der Waals surface area contributed by atoms with Gasteiger partial charge >= 0.3 is 0 Å². The van der Waals surface area contributed by atoms with Gasteiger partial charge in [-0.3, -0.25) is 9.78 Å². The van der Waals surface area contributed by atoms with Crippen LogP contribution in [0.25, 0.3) is 21.7 Å². The molecule has 1 fully saturated rings. The van der Waals surface area contributed by atoms with E-state index in [1.165, 1.54) is 6.21 Å². The van der Waals surface area contributed by atoms with Crippen LogP contribution in [0.1, 0.15) is 40.4 Å². The van der Waals surface area contributed by atoms with Crippen LogP contribution in [0.2, 0.25) is 0 Å². The van der Waals surface area contributed by atoms with Crippen molar-refractivity contribution in [2.45, 2.75) is 18.8 Å². The number of carbonyl (C=O) groups excluding carboxylic acids is 1. The fraction of sp³-hybridized carbons (Fsp3) is 0.125. The molecule has 1 aromatic heterocycles. The van der Waals surface area contributed by atoms with Gasteiger partial charge in [-0.2, -0.15) is 5.10 Å². The topological polar surface area (TPSA) is 74.6 Å². The minimum atomic E-state index is -0.290. The van der Waals surface area contributed by atoms with E-state index in [2.05, 4.69) is 10.5 Å². The van der Waals surface area contributed by atoms with E-state index in [0.717, 1.165) is 40.2 Å². The predicted molar refractivity (Wildman–Crippen MR) is 114 cm³/mol. The molecule has 5 heteroatoms. The highest BCUT2D eigenvalue weighted by atomic mass is 16.3. The molecule has 0 aliphatic heterocycles. The quantitative estimate of drug-likeness (QED) is 0.396. The zero-order valence-corrected chi connectivity index (χ0v) is 15.7. The molecular formula is C24H19N3O2. The summed E-state index contributed by atoms with van der Waals surface area (Å²) in [7, 11) is 0.